The van der Waals surface area contributed by atoms with E-state index in [0.29, 0.717) is 18.0 Å². The molecule has 1 atom stereocenters. The van der Waals surface area contributed by atoms with Crippen molar-refractivity contribution in [1.82, 2.24) is 14.9 Å². The SMILES string of the molecule is C=CCn1c(C(C)NC(=O)Cc2ccc(Cl)cc2)nc2ccccc21. The van der Waals surface area contributed by atoms with Gasteiger partial charge < -0.3 is 9.88 Å². The first-order valence-electron chi connectivity index (χ1n) is 8.18. The van der Waals surface area contributed by atoms with E-state index in [-0.39, 0.29) is 11.9 Å². The van der Waals surface area contributed by atoms with Gasteiger partial charge in [-0.05, 0) is 36.8 Å². The van der Waals surface area contributed by atoms with Crippen LogP contribution < -0.4 is 5.32 Å². The molecule has 0 bridgehead atoms. The maximum Gasteiger partial charge on any atom is 0.224 e. The molecule has 0 saturated carbocycles. The van der Waals surface area contributed by atoms with Crippen molar-refractivity contribution in [1.29, 1.82) is 0 Å². The van der Waals surface area contributed by atoms with Crippen molar-refractivity contribution in [3.8, 4) is 0 Å². The smallest absolute Gasteiger partial charge is 0.224 e. The molecule has 4 nitrogen and oxygen atoms in total. The molecule has 1 unspecified atom stereocenters. The van der Waals surface area contributed by atoms with Crippen LogP contribution >= 0.6 is 11.6 Å². The third kappa shape index (κ3) is 3.91. The molecule has 0 radical (unpaired) electrons. The first kappa shape index (κ1) is 17.2. The molecule has 0 fully saturated rings. The van der Waals surface area contributed by atoms with Crippen molar-refractivity contribution in [2.75, 3.05) is 0 Å². The number of hydrogen-bond donors (Lipinski definition) is 1. The Morgan fingerprint density at radius 2 is 2.00 bits per heavy atom. The molecule has 25 heavy (non-hydrogen) atoms. The molecule has 2 aromatic carbocycles. The van der Waals surface area contributed by atoms with E-state index in [1.54, 1.807) is 12.1 Å². The maximum absolute atomic E-state index is 12.4. The zero-order valence-corrected chi connectivity index (χ0v) is 14.8. The van der Waals surface area contributed by atoms with Crippen molar-refractivity contribution in [3.05, 3.63) is 77.6 Å². The molecule has 1 N–H and O–H groups in total. The van der Waals surface area contributed by atoms with E-state index >= 15 is 0 Å². The second kappa shape index (κ2) is 7.53. The Hall–Kier alpha value is -2.59. The quantitative estimate of drug-likeness (QED) is 0.672. The fraction of sp³-hybridized carbons (Fsp3) is 0.200. The molecule has 0 saturated heterocycles. The molecule has 5 heteroatoms. The van der Waals surface area contributed by atoms with E-state index in [0.717, 1.165) is 22.4 Å². The third-order valence-electron chi connectivity index (χ3n) is 4.04. The normalized spacial score (nSPS) is 12.1. The van der Waals surface area contributed by atoms with Gasteiger partial charge in [0.2, 0.25) is 5.91 Å². The summed E-state index contributed by atoms with van der Waals surface area (Å²) in [7, 11) is 0. The van der Waals surface area contributed by atoms with E-state index in [4.69, 9.17) is 11.6 Å². The first-order chi connectivity index (χ1) is 12.1. The van der Waals surface area contributed by atoms with Gasteiger partial charge in [-0.25, -0.2) is 4.98 Å². The summed E-state index contributed by atoms with van der Waals surface area (Å²) >= 11 is 5.88. The van der Waals surface area contributed by atoms with Crippen LogP contribution in [0.3, 0.4) is 0 Å². The van der Waals surface area contributed by atoms with Crippen molar-refractivity contribution in [2.45, 2.75) is 25.9 Å². The van der Waals surface area contributed by atoms with Crippen LogP contribution in [-0.4, -0.2) is 15.5 Å². The monoisotopic (exact) mass is 353 g/mol. The molecule has 1 heterocycles. The Morgan fingerprint density at radius 1 is 1.28 bits per heavy atom. The molecular formula is C20H20ClN3O. The van der Waals surface area contributed by atoms with Crippen LogP contribution in [0.1, 0.15) is 24.4 Å². The zero-order valence-electron chi connectivity index (χ0n) is 14.1. The van der Waals surface area contributed by atoms with E-state index < -0.39 is 0 Å². The minimum atomic E-state index is -0.202. The predicted molar refractivity (Wildman–Crippen MR) is 102 cm³/mol. The Bertz CT molecular complexity index is 899. The number of halogens is 1. The number of nitrogens with zero attached hydrogens (tertiary/aromatic N) is 2. The molecule has 1 aromatic heterocycles. The van der Waals surface area contributed by atoms with Crippen LogP contribution in [0.5, 0.6) is 0 Å². The summed E-state index contributed by atoms with van der Waals surface area (Å²) in [5.41, 5.74) is 2.88. The highest BCUT2D eigenvalue weighted by molar-refractivity contribution is 6.30. The topological polar surface area (TPSA) is 46.9 Å². The number of carbonyl (C=O) groups excluding carboxylic acids is 1. The number of rotatable bonds is 6. The number of hydrogen-bond acceptors (Lipinski definition) is 2. The molecule has 3 aromatic rings. The van der Waals surface area contributed by atoms with Crippen LogP contribution in [0.25, 0.3) is 11.0 Å². The van der Waals surface area contributed by atoms with E-state index in [1.165, 1.54) is 0 Å². The Morgan fingerprint density at radius 3 is 2.72 bits per heavy atom. The Balaban J connectivity index is 1.78. The third-order valence-corrected chi connectivity index (χ3v) is 4.29. The molecule has 0 aliphatic rings. The number of imidazole rings is 1. The van der Waals surface area contributed by atoms with Crippen molar-refractivity contribution in [3.63, 3.8) is 0 Å². The summed E-state index contributed by atoms with van der Waals surface area (Å²) in [6.45, 7) is 6.41. The highest BCUT2D eigenvalue weighted by Gasteiger charge is 2.17. The van der Waals surface area contributed by atoms with Gasteiger partial charge in [0.05, 0.1) is 23.5 Å². The lowest BCUT2D eigenvalue weighted by atomic mass is 10.1. The highest BCUT2D eigenvalue weighted by atomic mass is 35.5. The van der Waals surface area contributed by atoms with Crippen LogP contribution in [0.2, 0.25) is 5.02 Å². The summed E-state index contributed by atoms with van der Waals surface area (Å²) in [6.07, 6.45) is 2.14. The predicted octanol–water partition coefficient (Wildman–Crippen LogP) is 4.30. The van der Waals surface area contributed by atoms with Crippen LogP contribution in [0, 0.1) is 0 Å². The Kier molecular flexibility index (Phi) is 5.19. The number of allylic oxidation sites excluding steroid dienone is 1. The van der Waals surface area contributed by atoms with Gasteiger partial charge in [-0.3, -0.25) is 4.79 Å². The lowest BCUT2D eigenvalue weighted by molar-refractivity contribution is -0.121. The summed E-state index contributed by atoms with van der Waals surface area (Å²) in [6, 6.07) is 15.0. The molecule has 3 rings (SSSR count). The fourth-order valence-electron chi connectivity index (χ4n) is 2.89. The van der Waals surface area contributed by atoms with E-state index in [2.05, 4.69) is 21.4 Å². The number of amides is 1. The lowest BCUT2D eigenvalue weighted by Gasteiger charge is -2.15. The average molecular weight is 354 g/mol. The lowest BCUT2D eigenvalue weighted by Crippen LogP contribution is -2.30. The zero-order chi connectivity index (χ0) is 17.8. The largest absolute Gasteiger partial charge is 0.346 e. The minimum absolute atomic E-state index is 0.0490. The van der Waals surface area contributed by atoms with E-state index in [9.17, 15) is 4.79 Å². The van der Waals surface area contributed by atoms with Gasteiger partial charge >= 0.3 is 0 Å². The van der Waals surface area contributed by atoms with Gasteiger partial charge in [0.25, 0.3) is 0 Å². The molecule has 0 aliphatic carbocycles. The molecule has 0 spiro atoms. The number of aromatic nitrogens is 2. The number of fused-ring (bicyclic) bond motifs is 1. The first-order valence-corrected chi connectivity index (χ1v) is 8.56. The van der Waals surface area contributed by atoms with E-state index in [1.807, 2.05) is 49.4 Å². The summed E-state index contributed by atoms with van der Waals surface area (Å²) in [5, 5.41) is 3.69. The molecule has 0 aliphatic heterocycles. The van der Waals surface area contributed by atoms with Crippen LogP contribution in [0.15, 0.2) is 61.2 Å². The number of benzene rings is 2. The van der Waals surface area contributed by atoms with Crippen molar-refractivity contribution >= 4 is 28.5 Å². The maximum atomic E-state index is 12.4. The molecule has 128 valence electrons. The summed E-state index contributed by atoms with van der Waals surface area (Å²) in [4.78, 5) is 17.1. The van der Waals surface area contributed by atoms with Gasteiger partial charge in [0.1, 0.15) is 5.82 Å². The van der Waals surface area contributed by atoms with Gasteiger partial charge in [-0.2, -0.15) is 0 Å². The van der Waals surface area contributed by atoms with Gasteiger partial charge in [0, 0.05) is 11.6 Å². The van der Waals surface area contributed by atoms with Crippen molar-refractivity contribution in [2.24, 2.45) is 0 Å². The number of nitrogens with one attached hydrogen (secondary N) is 1. The second-order valence-corrected chi connectivity index (χ2v) is 6.39. The van der Waals surface area contributed by atoms with Crippen molar-refractivity contribution < 1.29 is 4.79 Å². The van der Waals surface area contributed by atoms with Crippen LogP contribution in [-0.2, 0) is 17.8 Å². The minimum Gasteiger partial charge on any atom is -0.346 e. The fourth-order valence-corrected chi connectivity index (χ4v) is 3.02. The standard InChI is InChI=1S/C20H20ClN3O/c1-3-12-24-18-7-5-4-6-17(18)23-20(24)14(2)22-19(25)13-15-8-10-16(21)11-9-15/h3-11,14H,1,12-13H2,2H3,(H,22,25). The van der Waals surface area contributed by atoms with Crippen LogP contribution in [0.4, 0.5) is 0 Å². The average Bonchev–Trinajstić information content (AvgIpc) is 2.96. The van der Waals surface area contributed by atoms with Gasteiger partial charge in [-0.1, -0.05) is 41.9 Å². The van der Waals surface area contributed by atoms with Gasteiger partial charge in [-0.15, -0.1) is 6.58 Å². The summed E-state index contributed by atoms with van der Waals surface area (Å²) in [5.74, 6) is 0.776. The summed E-state index contributed by atoms with van der Waals surface area (Å²) < 4.78 is 2.08. The number of carbonyl (C=O) groups is 1. The molecular weight excluding hydrogens is 334 g/mol. The van der Waals surface area contributed by atoms with Gasteiger partial charge in [0.15, 0.2) is 0 Å². The highest BCUT2D eigenvalue weighted by Crippen LogP contribution is 2.21. The second-order valence-electron chi connectivity index (χ2n) is 5.95. The molecule has 1 amide bonds. The number of para-hydroxylation sites is 2. The Labute approximate surface area is 152 Å².